The Hall–Kier alpha value is -2.11. The number of halogens is 1. The highest BCUT2D eigenvalue weighted by Crippen LogP contribution is 2.22. The van der Waals surface area contributed by atoms with Crippen molar-refractivity contribution in [1.29, 1.82) is 5.26 Å². The minimum atomic E-state index is -3.91. The lowest BCUT2D eigenvalue weighted by atomic mass is 10.2. The van der Waals surface area contributed by atoms with E-state index in [1.165, 1.54) is 18.2 Å². The molecule has 7 nitrogen and oxygen atoms in total. The van der Waals surface area contributed by atoms with Crippen LogP contribution in [0, 0.1) is 11.3 Å². The second-order valence-electron chi connectivity index (χ2n) is 4.46. The van der Waals surface area contributed by atoms with Gasteiger partial charge in [-0.25, -0.2) is 13.1 Å². The number of aromatic nitrogens is 2. The van der Waals surface area contributed by atoms with Crippen LogP contribution in [0.4, 0.5) is 6.01 Å². The van der Waals surface area contributed by atoms with Gasteiger partial charge in [-0.1, -0.05) is 30.0 Å². The smallest absolute Gasteiger partial charge is 0.329 e. The van der Waals surface area contributed by atoms with Gasteiger partial charge >= 0.3 is 6.01 Å². The van der Waals surface area contributed by atoms with Gasteiger partial charge in [0.25, 0.3) is 10.0 Å². The molecule has 0 aliphatic rings. The molecular formula is C13H13ClN4O3S. The number of hydrogen-bond acceptors (Lipinski definition) is 6. The van der Waals surface area contributed by atoms with Gasteiger partial charge < -0.3 is 4.42 Å². The van der Waals surface area contributed by atoms with Crippen LogP contribution in [0.5, 0.6) is 0 Å². The zero-order chi connectivity index (χ0) is 16.2. The molecule has 0 radical (unpaired) electrons. The number of nitrogens with one attached hydrogen (secondary N) is 1. The van der Waals surface area contributed by atoms with Crippen molar-refractivity contribution in [1.82, 2.24) is 10.2 Å². The molecule has 0 aliphatic carbocycles. The third-order valence-corrected chi connectivity index (χ3v) is 4.43. The molecule has 1 N–H and O–H groups in total. The first kappa shape index (κ1) is 16.3. The highest BCUT2D eigenvalue weighted by atomic mass is 35.5. The maximum atomic E-state index is 12.2. The largest absolute Gasteiger partial charge is 0.407 e. The summed E-state index contributed by atoms with van der Waals surface area (Å²) in [5.41, 5.74) is 0.195. The molecule has 0 saturated heterocycles. The summed E-state index contributed by atoms with van der Waals surface area (Å²) < 4.78 is 31.8. The Morgan fingerprint density at radius 3 is 2.82 bits per heavy atom. The normalized spacial score (nSPS) is 11.1. The van der Waals surface area contributed by atoms with Crippen LogP contribution in [-0.4, -0.2) is 18.6 Å². The summed E-state index contributed by atoms with van der Waals surface area (Å²) in [5, 5.41) is 16.3. The van der Waals surface area contributed by atoms with Gasteiger partial charge in [-0.15, -0.1) is 5.10 Å². The number of sulfonamides is 1. The summed E-state index contributed by atoms with van der Waals surface area (Å²) in [6, 6.07) is 5.46. The van der Waals surface area contributed by atoms with Crippen LogP contribution in [0.15, 0.2) is 27.5 Å². The van der Waals surface area contributed by atoms with E-state index in [0.29, 0.717) is 12.3 Å². The number of benzene rings is 1. The number of rotatable bonds is 6. The Balaban J connectivity index is 2.19. The monoisotopic (exact) mass is 340 g/mol. The second-order valence-corrected chi connectivity index (χ2v) is 6.55. The number of unbranched alkanes of at least 4 members (excludes halogenated alkanes) is 1. The van der Waals surface area contributed by atoms with Crippen molar-refractivity contribution in [3.8, 4) is 6.07 Å². The summed E-state index contributed by atoms with van der Waals surface area (Å²) in [4.78, 5) is -0.0928. The molecule has 0 aliphatic heterocycles. The van der Waals surface area contributed by atoms with E-state index >= 15 is 0 Å². The fraction of sp³-hybridized carbons (Fsp3) is 0.308. The van der Waals surface area contributed by atoms with Gasteiger partial charge in [0, 0.05) is 6.42 Å². The van der Waals surface area contributed by atoms with Gasteiger partial charge in [-0.05, 0) is 24.6 Å². The number of hydrogen-bond donors (Lipinski definition) is 1. The standard InChI is InChI=1S/C13H13ClN4O3S/c1-2-3-4-12-16-17-13(21-12)18-22(19,20)10-6-5-9(8-15)11(14)7-10/h5-7H,2-4H2,1H3,(H,17,18). The number of anilines is 1. The van der Waals surface area contributed by atoms with E-state index < -0.39 is 10.0 Å². The van der Waals surface area contributed by atoms with Crippen molar-refractivity contribution in [2.45, 2.75) is 31.1 Å². The Morgan fingerprint density at radius 2 is 2.18 bits per heavy atom. The Morgan fingerprint density at radius 1 is 1.41 bits per heavy atom. The van der Waals surface area contributed by atoms with Crippen molar-refractivity contribution in [3.63, 3.8) is 0 Å². The summed E-state index contributed by atoms with van der Waals surface area (Å²) in [6.45, 7) is 2.02. The third kappa shape index (κ3) is 3.75. The molecule has 22 heavy (non-hydrogen) atoms. The maximum absolute atomic E-state index is 12.2. The van der Waals surface area contributed by atoms with Gasteiger partial charge in [0.2, 0.25) is 5.89 Å². The van der Waals surface area contributed by atoms with Gasteiger partial charge in [-0.2, -0.15) is 5.26 Å². The van der Waals surface area contributed by atoms with Crippen molar-refractivity contribution >= 4 is 27.6 Å². The molecule has 1 aromatic carbocycles. The molecule has 1 aromatic heterocycles. The second kappa shape index (κ2) is 6.77. The topological polar surface area (TPSA) is 109 Å². The zero-order valence-electron chi connectivity index (χ0n) is 11.7. The Labute approximate surface area is 133 Å². The van der Waals surface area contributed by atoms with Crippen LogP contribution in [0.2, 0.25) is 5.02 Å². The summed E-state index contributed by atoms with van der Waals surface area (Å²) >= 11 is 5.83. The number of aryl methyl sites for hydroxylation is 1. The molecule has 116 valence electrons. The molecule has 0 fully saturated rings. The average Bonchev–Trinajstić information content (AvgIpc) is 2.91. The summed E-state index contributed by atoms with van der Waals surface area (Å²) in [7, 11) is -3.91. The molecular weight excluding hydrogens is 328 g/mol. The van der Waals surface area contributed by atoms with Gasteiger partial charge in [0.1, 0.15) is 6.07 Å². The number of nitriles is 1. The first-order valence-electron chi connectivity index (χ1n) is 6.51. The summed E-state index contributed by atoms with van der Waals surface area (Å²) in [5.74, 6) is 0.373. The minimum Gasteiger partial charge on any atom is -0.407 e. The molecule has 0 bridgehead atoms. The van der Waals surface area contributed by atoms with E-state index in [9.17, 15) is 8.42 Å². The fourth-order valence-corrected chi connectivity index (χ4v) is 2.89. The molecule has 1 heterocycles. The molecule has 2 aromatic rings. The summed E-state index contributed by atoms with van der Waals surface area (Å²) in [6.07, 6.45) is 2.43. The van der Waals surface area contributed by atoms with Crippen molar-refractivity contribution in [2.24, 2.45) is 0 Å². The van der Waals surface area contributed by atoms with E-state index in [1.807, 2.05) is 13.0 Å². The van der Waals surface area contributed by atoms with Crippen LogP contribution in [0.1, 0.15) is 31.2 Å². The quantitative estimate of drug-likeness (QED) is 0.865. The van der Waals surface area contributed by atoms with Crippen LogP contribution >= 0.6 is 11.6 Å². The van der Waals surface area contributed by atoms with E-state index in [1.54, 1.807) is 0 Å². The van der Waals surface area contributed by atoms with Gasteiger partial charge in [0.15, 0.2) is 0 Å². The highest BCUT2D eigenvalue weighted by molar-refractivity contribution is 7.92. The van der Waals surface area contributed by atoms with Crippen LogP contribution < -0.4 is 4.72 Å². The van der Waals surface area contributed by atoms with Crippen molar-refractivity contribution < 1.29 is 12.8 Å². The van der Waals surface area contributed by atoms with E-state index in [4.69, 9.17) is 21.3 Å². The highest BCUT2D eigenvalue weighted by Gasteiger charge is 2.19. The van der Waals surface area contributed by atoms with E-state index in [2.05, 4.69) is 14.9 Å². The molecule has 9 heteroatoms. The molecule has 0 spiro atoms. The predicted octanol–water partition coefficient (Wildman–Crippen LogP) is 2.74. The first-order chi connectivity index (χ1) is 10.5. The average molecular weight is 341 g/mol. The van der Waals surface area contributed by atoms with Crippen molar-refractivity contribution in [3.05, 3.63) is 34.7 Å². The van der Waals surface area contributed by atoms with Gasteiger partial charge in [-0.3, -0.25) is 0 Å². The SMILES string of the molecule is CCCCc1nnc(NS(=O)(=O)c2ccc(C#N)c(Cl)c2)o1. The molecule has 0 saturated carbocycles. The lowest BCUT2D eigenvalue weighted by molar-refractivity contribution is 0.498. The lowest BCUT2D eigenvalue weighted by Gasteiger charge is -2.05. The van der Waals surface area contributed by atoms with Crippen LogP contribution in [-0.2, 0) is 16.4 Å². The Kier molecular flexibility index (Phi) is 5.00. The number of nitrogens with zero attached hydrogens (tertiary/aromatic N) is 3. The first-order valence-corrected chi connectivity index (χ1v) is 8.37. The molecule has 0 atom stereocenters. The van der Waals surface area contributed by atoms with E-state index in [-0.39, 0.29) is 21.5 Å². The molecule has 0 unspecified atom stereocenters. The predicted molar refractivity (Wildman–Crippen MR) is 79.9 cm³/mol. The van der Waals surface area contributed by atoms with Gasteiger partial charge in [0.05, 0.1) is 15.5 Å². The molecule has 2 rings (SSSR count). The molecule has 0 amide bonds. The van der Waals surface area contributed by atoms with Crippen LogP contribution in [0.3, 0.4) is 0 Å². The van der Waals surface area contributed by atoms with Crippen molar-refractivity contribution in [2.75, 3.05) is 4.72 Å². The lowest BCUT2D eigenvalue weighted by Crippen LogP contribution is -2.13. The Bertz CT molecular complexity index is 811. The third-order valence-electron chi connectivity index (χ3n) is 2.80. The maximum Gasteiger partial charge on any atom is 0.329 e. The minimum absolute atomic E-state index is 0.0551. The zero-order valence-corrected chi connectivity index (χ0v) is 13.3. The van der Waals surface area contributed by atoms with Crippen LogP contribution in [0.25, 0.3) is 0 Å². The van der Waals surface area contributed by atoms with E-state index in [0.717, 1.165) is 12.8 Å². The fourth-order valence-electron chi connectivity index (χ4n) is 1.65.